The molecule has 2 heterocycles. The van der Waals surface area contributed by atoms with E-state index in [1.54, 1.807) is 6.07 Å². The molecule has 0 saturated carbocycles. The highest BCUT2D eigenvalue weighted by Gasteiger charge is 2.72. The number of benzene rings is 1. The molecule has 7 atom stereocenters. The van der Waals surface area contributed by atoms with Crippen molar-refractivity contribution in [2.45, 2.75) is 81.8 Å². The number of carboxylic acid groups (broad SMARTS) is 1. The first kappa shape index (κ1) is 29.5. The smallest absolute Gasteiger partial charge is 0.357 e. The Kier molecular flexibility index (Phi) is 7.30. The summed E-state index contributed by atoms with van der Waals surface area (Å²) in [7, 11) is 1.92. The number of ketones is 1. The fourth-order valence-corrected chi connectivity index (χ4v) is 7.00. The lowest BCUT2D eigenvalue weighted by Gasteiger charge is -2.61. The molecular formula is C29H33NO12. The van der Waals surface area contributed by atoms with Gasteiger partial charge in [0.1, 0.15) is 5.76 Å². The van der Waals surface area contributed by atoms with E-state index in [9.17, 15) is 39.3 Å². The van der Waals surface area contributed by atoms with Gasteiger partial charge in [-0.05, 0) is 44.1 Å². The number of phenols is 1. The predicted molar refractivity (Wildman–Crippen MR) is 140 cm³/mol. The lowest BCUT2D eigenvalue weighted by molar-refractivity contribution is -0.186. The molecule has 2 aliphatic carbocycles. The van der Waals surface area contributed by atoms with Crippen molar-refractivity contribution in [1.82, 2.24) is 4.90 Å². The maximum absolute atomic E-state index is 13.6. The second-order valence-electron chi connectivity index (χ2n) is 11.5. The van der Waals surface area contributed by atoms with Crippen LogP contribution < -0.4 is 4.74 Å². The first-order valence-corrected chi connectivity index (χ1v) is 13.7. The zero-order chi connectivity index (χ0) is 30.7. The number of nitrogens with zero attached hydrogens (tertiary/aromatic N) is 1. The third kappa shape index (κ3) is 4.42. The average molecular weight is 588 g/mol. The molecule has 2 bridgehead atoms. The number of aliphatic hydroxyl groups is 1. The van der Waals surface area contributed by atoms with Crippen molar-refractivity contribution < 1.29 is 58.2 Å². The van der Waals surface area contributed by atoms with Gasteiger partial charge in [-0.3, -0.25) is 19.2 Å². The standard InChI is InChI=1S/C29H33NO12/c1-13(26(35)36)11-18(34)23(39-14(2)31)24(40-15(3)32)27(37)41-19-7-8-29(38)20-12-16-5-6-17(33)22-21(16)28(29,25(19)42-22)9-10-30(20)4/h5-7,13,20,23-25,33,38H,8-12H2,1-4H3,(H,35,36)/t13-,20-,23-,24+,25?,28?,29-/m1/s1. The second-order valence-corrected chi connectivity index (χ2v) is 11.5. The average Bonchev–Trinajstić information content (AvgIpc) is 3.27. The number of likely N-dealkylation sites (tertiary alicyclic amines) is 1. The van der Waals surface area contributed by atoms with Crippen molar-refractivity contribution in [2.24, 2.45) is 5.92 Å². The van der Waals surface area contributed by atoms with Crippen LogP contribution in [0.25, 0.3) is 0 Å². The number of carbonyl (C=O) groups excluding carboxylic acids is 4. The van der Waals surface area contributed by atoms with Crippen molar-refractivity contribution in [2.75, 3.05) is 13.6 Å². The summed E-state index contributed by atoms with van der Waals surface area (Å²) in [5.74, 6) is -6.62. The molecule has 4 aliphatic rings. The van der Waals surface area contributed by atoms with Gasteiger partial charge in [0.15, 0.2) is 23.4 Å². The fourth-order valence-electron chi connectivity index (χ4n) is 7.00. The van der Waals surface area contributed by atoms with Crippen LogP contribution in [0.5, 0.6) is 11.5 Å². The highest BCUT2D eigenvalue weighted by molar-refractivity contribution is 5.94. The molecule has 1 fully saturated rings. The highest BCUT2D eigenvalue weighted by Crippen LogP contribution is 2.65. The number of rotatable bonds is 9. The lowest BCUT2D eigenvalue weighted by atomic mass is 9.50. The summed E-state index contributed by atoms with van der Waals surface area (Å²) in [6.45, 7) is 3.81. The Labute approximate surface area is 241 Å². The van der Waals surface area contributed by atoms with Crippen molar-refractivity contribution >= 4 is 29.7 Å². The molecule has 226 valence electrons. The van der Waals surface area contributed by atoms with Gasteiger partial charge in [-0.2, -0.15) is 0 Å². The number of piperidine rings is 1. The number of aliphatic carboxylic acids is 1. The molecule has 42 heavy (non-hydrogen) atoms. The Morgan fingerprint density at radius 2 is 1.79 bits per heavy atom. The number of likely N-dealkylation sites (N-methyl/N-ethyl adjacent to an activating group) is 1. The minimum absolute atomic E-state index is 0.0264. The molecule has 0 amide bonds. The van der Waals surface area contributed by atoms with Gasteiger partial charge in [0.25, 0.3) is 0 Å². The van der Waals surface area contributed by atoms with Gasteiger partial charge in [-0.1, -0.05) is 13.0 Å². The maximum atomic E-state index is 13.6. The van der Waals surface area contributed by atoms with E-state index in [1.807, 2.05) is 7.05 Å². The van der Waals surface area contributed by atoms with E-state index in [0.29, 0.717) is 24.9 Å². The molecule has 0 aromatic heterocycles. The van der Waals surface area contributed by atoms with Crippen LogP contribution in [0.3, 0.4) is 0 Å². The summed E-state index contributed by atoms with van der Waals surface area (Å²) >= 11 is 0. The van der Waals surface area contributed by atoms with Crippen molar-refractivity contribution in [3.8, 4) is 11.5 Å². The first-order valence-electron chi connectivity index (χ1n) is 13.7. The number of aromatic hydroxyl groups is 1. The quantitative estimate of drug-likeness (QED) is 0.272. The number of carbonyl (C=O) groups is 5. The van der Waals surface area contributed by atoms with Crippen LogP contribution in [0.4, 0.5) is 0 Å². The normalized spacial score (nSPS) is 29.1. The molecular weight excluding hydrogens is 554 g/mol. The van der Waals surface area contributed by atoms with E-state index in [-0.39, 0.29) is 29.7 Å². The van der Waals surface area contributed by atoms with E-state index >= 15 is 0 Å². The summed E-state index contributed by atoms with van der Waals surface area (Å²) in [6.07, 6.45) is -3.19. The number of Topliss-reactive ketones (excluding diaryl/α,β-unsaturated/α-hetero) is 1. The van der Waals surface area contributed by atoms with E-state index in [4.69, 9.17) is 18.9 Å². The SMILES string of the molecule is CC(=O)O[C@H](C(=O)C[C@@H](C)C(=O)O)[C@H](OC(C)=O)C(=O)OC1=CC[C@@]2(O)[C@H]3Cc4ccc(O)c5c4C2(CCN3C)C1O5. The summed E-state index contributed by atoms with van der Waals surface area (Å²) < 4.78 is 22.1. The predicted octanol–water partition coefficient (Wildman–Crippen LogP) is 0.756. The number of phenolic OH excluding ortho intramolecular Hbond substituents is 1. The number of esters is 3. The fraction of sp³-hybridized carbons (Fsp3) is 0.552. The molecule has 1 spiro atoms. The largest absolute Gasteiger partial charge is 0.504 e. The number of hydrogen-bond donors (Lipinski definition) is 3. The molecule has 0 radical (unpaired) electrons. The van der Waals surface area contributed by atoms with Gasteiger partial charge in [0.2, 0.25) is 12.2 Å². The topological polar surface area (TPSA) is 186 Å². The van der Waals surface area contributed by atoms with Gasteiger partial charge in [-0.15, -0.1) is 0 Å². The number of hydrogen-bond acceptors (Lipinski definition) is 12. The molecule has 3 N–H and O–H groups in total. The van der Waals surface area contributed by atoms with Gasteiger partial charge in [0.05, 0.1) is 16.9 Å². The van der Waals surface area contributed by atoms with E-state index in [1.165, 1.54) is 19.1 Å². The molecule has 1 aromatic carbocycles. The minimum atomic E-state index is -2.05. The van der Waals surface area contributed by atoms with Crippen LogP contribution in [0, 0.1) is 5.92 Å². The molecule has 1 aromatic rings. The Morgan fingerprint density at radius 1 is 1.12 bits per heavy atom. The summed E-state index contributed by atoms with van der Waals surface area (Å²) in [5.41, 5.74) is -0.849. The van der Waals surface area contributed by atoms with E-state index < -0.39 is 71.3 Å². The van der Waals surface area contributed by atoms with Crippen LogP contribution in [0.15, 0.2) is 24.0 Å². The number of carboxylic acids is 1. The third-order valence-electron chi connectivity index (χ3n) is 8.91. The Bertz CT molecular complexity index is 1400. The monoisotopic (exact) mass is 587 g/mol. The number of ether oxygens (including phenoxy) is 4. The molecule has 1 saturated heterocycles. The molecule has 5 rings (SSSR count). The van der Waals surface area contributed by atoms with Crippen LogP contribution in [0.1, 0.15) is 51.2 Å². The Balaban J connectivity index is 1.51. The Morgan fingerprint density at radius 3 is 2.43 bits per heavy atom. The highest BCUT2D eigenvalue weighted by atomic mass is 16.6. The molecule has 13 nitrogen and oxygen atoms in total. The van der Waals surface area contributed by atoms with Gasteiger partial charge in [0, 0.05) is 38.3 Å². The Hall–Kier alpha value is -3.97. The van der Waals surface area contributed by atoms with Crippen LogP contribution in [0.2, 0.25) is 0 Å². The van der Waals surface area contributed by atoms with Gasteiger partial charge in [-0.25, -0.2) is 4.79 Å². The van der Waals surface area contributed by atoms with E-state index in [0.717, 1.165) is 19.4 Å². The van der Waals surface area contributed by atoms with Crippen molar-refractivity contribution in [3.05, 3.63) is 35.1 Å². The molecule has 2 unspecified atom stereocenters. The second kappa shape index (κ2) is 10.4. The summed E-state index contributed by atoms with van der Waals surface area (Å²) in [4.78, 5) is 63.9. The molecule has 13 heteroatoms. The van der Waals surface area contributed by atoms with Crippen LogP contribution in [-0.4, -0.2) is 93.4 Å². The lowest BCUT2D eigenvalue weighted by Crippen LogP contribution is -2.74. The van der Waals surface area contributed by atoms with Crippen molar-refractivity contribution in [1.29, 1.82) is 0 Å². The summed E-state index contributed by atoms with van der Waals surface area (Å²) in [6, 6.07) is 3.02. The summed E-state index contributed by atoms with van der Waals surface area (Å²) in [5, 5.41) is 32.2. The first-order chi connectivity index (χ1) is 19.7. The minimum Gasteiger partial charge on any atom is -0.504 e. The van der Waals surface area contributed by atoms with Crippen molar-refractivity contribution in [3.63, 3.8) is 0 Å². The molecule has 2 aliphatic heterocycles. The zero-order valence-electron chi connectivity index (χ0n) is 23.6. The van der Waals surface area contributed by atoms with Crippen LogP contribution in [-0.2, 0) is 50.0 Å². The van der Waals surface area contributed by atoms with Crippen LogP contribution >= 0.6 is 0 Å². The van der Waals surface area contributed by atoms with Gasteiger partial charge < -0.3 is 39.2 Å². The third-order valence-corrected chi connectivity index (χ3v) is 8.91. The maximum Gasteiger partial charge on any atom is 0.357 e. The van der Waals surface area contributed by atoms with E-state index in [2.05, 4.69) is 4.90 Å². The van der Waals surface area contributed by atoms with Gasteiger partial charge >= 0.3 is 23.9 Å². The zero-order valence-corrected chi connectivity index (χ0v) is 23.6.